The molecule has 0 aliphatic carbocycles. The second kappa shape index (κ2) is 6.17. The van der Waals surface area contributed by atoms with Gasteiger partial charge in [-0.15, -0.1) is 0 Å². The van der Waals surface area contributed by atoms with Gasteiger partial charge in [-0.1, -0.05) is 13.8 Å². The summed E-state index contributed by atoms with van der Waals surface area (Å²) in [7, 11) is -2.02. The monoisotopic (exact) mass is 272 g/mol. The number of aliphatic hydroxyl groups is 1. The van der Waals surface area contributed by atoms with Crippen LogP contribution < -0.4 is 10.0 Å². The van der Waals surface area contributed by atoms with Crippen molar-refractivity contribution in [3.63, 3.8) is 0 Å². The van der Waals surface area contributed by atoms with Crippen molar-refractivity contribution in [2.45, 2.75) is 24.8 Å². The molecule has 0 fully saturated rings. The summed E-state index contributed by atoms with van der Waals surface area (Å²) in [6.45, 7) is 4.05. The lowest BCUT2D eigenvalue weighted by Gasteiger charge is -2.21. The number of hydrogen-bond acceptors (Lipinski definition) is 4. The van der Waals surface area contributed by atoms with Crippen LogP contribution in [0.15, 0.2) is 29.2 Å². The van der Waals surface area contributed by atoms with E-state index in [0.717, 1.165) is 5.69 Å². The first-order valence-electron chi connectivity index (χ1n) is 5.81. The van der Waals surface area contributed by atoms with Crippen LogP contribution in [0.25, 0.3) is 0 Å². The normalized spacial score (nSPS) is 13.6. The van der Waals surface area contributed by atoms with E-state index < -0.39 is 10.0 Å². The molecule has 0 bridgehead atoms. The molecule has 3 N–H and O–H groups in total. The number of hydrogen-bond donors (Lipinski definition) is 3. The van der Waals surface area contributed by atoms with Gasteiger partial charge in [0, 0.05) is 5.69 Å². The maximum Gasteiger partial charge on any atom is 0.240 e. The van der Waals surface area contributed by atoms with E-state index in [-0.39, 0.29) is 23.5 Å². The van der Waals surface area contributed by atoms with E-state index in [2.05, 4.69) is 10.0 Å². The Hall–Kier alpha value is -1.11. The average Bonchev–Trinajstić information content (AvgIpc) is 2.36. The summed E-state index contributed by atoms with van der Waals surface area (Å²) < 4.78 is 25.3. The Morgan fingerprint density at radius 3 is 2.17 bits per heavy atom. The number of aliphatic hydroxyl groups excluding tert-OH is 1. The predicted octanol–water partition coefficient (Wildman–Crippen LogP) is 1.02. The highest BCUT2D eigenvalue weighted by molar-refractivity contribution is 7.89. The highest BCUT2D eigenvalue weighted by Gasteiger charge is 2.13. The van der Waals surface area contributed by atoms with Gasteiger partial charge in [-0.2, -0.15) is 0 Å². The summed E-state index contributed by atoms with van der Waals surface area (Å²) in [4.78, 5) is 0.223. The molecule has 0 unspecified atom stereocenters. The third kappa shape index (κ3) is 3.69. The molecule has 0 saturated heterocycles. The maximum atomic E-state index is 11.5. The van der Waals surface area contributed by atoms with Gasteiger partial charge in [-0.3, -0.25) is 0 Å². The van der Waals surface area contributed by atoms with Crippen LogP contribution in [0.3, 0.4) is 0 Å². The summed E-state index contributed by atoms with van der Waals surface area (Å²) in [6.07, 6.45) is 0. The summed E-state index contributed by atoms with van der Waals surface area (Å²) >= 11 is 0. The van der Waals surface area contributed by atoms with Crippen LogP contribution in [0.2, 0.25) is 0 Å². The van der Waals surface area contributed by atoms with Gasteiger partial charge in [0.25, 0.3) is 0 Å². The maximum absolute atomic E-state index is 11.5. The molecule has 1 rings (SSSR count). The van der Waals surface area contributed by atoms with Crippen molar-refractivity contribution in [1.29, 1.82) is 0 Å². The molecule has 0 aromatic heterocycles. The SMILES string of the molecule is CNS(=O)(=O)c1ccc(N[C@H](CO)C(C)C)cc1. The molecule has 0 heterocycles. The van der Waals surface area contributed by atoms with Crippen molar-refractivity contribution < 1.29 is 13.5 Å². The Kier molecular flexibility index (Phi) is 5.13. The zero-order valence-electron chi connectivity index (χ0n) is 10.8. The zero-order chi connectivity index (χ0) is 13.8. The lowest BCUT2D eigenvalue weighted by atomic mass is 10.1. The topological polar surface area (TPSA) is 78.4 Å². The molecule has 0 radical (unpaired) electrons. The van der Waals surface area contributed by atoms with Gasteiger partial charge in [0.2, 0.25) is 10.0 Å². The van der Waals surface area contributed by atoms with Crippen LogP contribution in [-0.4, -0.2) is 33.2 Å². The van der Waals surface area contributed by atoms with E-state index in [1.165, 1.54) is 19.2 Å². The summed E-state index contributed by atoms with van der Waals surface area (Å²) in [5, 5.41) is 12.4. The Morgan fingerprint density at radius 2 is 1.78 bits per heavy atom. The molecular weight excluding hydrogens is 252 g/mol. The van der Waals surface area contributed by atoms with E-state index in [1.54, 1.807) is 12.1 Å². The Balaban J connectivity index is 2.84. The standard InChI is InChI=1S/C12H20N2O3S/c1-9(2)12(8-15)14-10-4-6-11(7-5-10)18(16,17)13-3/h4-7,9,12-15H,8H2,1-3H3/t12-/m1/s1. The van der Waals surface area contributed by atoms with Gasteiger partial charge < -0.3 is 10.4 Å². The largest absolute Gasteiger partial charge is 0.394 e. The molecule has 0 amide bonds. The molecule has 1 aromatic rings. The van der Waals surface area contributed by atoms with Crippen molar-refractivity contribution in [3.05, 3.63) is 24.3 Å². The fraction of sp³-hybridized carbons (Fsp3) is 0.500. The van der Waals surface area contributed by atoms with Crippen molar-refractivity contribution in [1.82, 2.24) is 4.72 Å². The van der Waals surface area contributed by atoms with E-state index in [0.29, 0.717) is 0 Å². The highest BCUT2D eigenvalue weighted by atomic mass is 32.2. The van der Waals surface area contributed by atoms with E-state index in [9.17, 15) is 13.5 Å². The lowest BCUT2D eigenvalue weighted by Crippen LogP contribution is -2.29. The zero-order valence-corrected chi connectivity index (χ0v) is 11.7. The van der Waals surface area contributed by atoms with Gasteiger partial charge >= 0.3 is 0 Å². The first-order valence-corrected chi connectivity index (χ1v) is 7.30. The highest BCUT2D eigenvalue weighted by Crippen LogP contribution is 2.16. The molecule has 1 aromatic carbocycles. The van der Waals surface area contributed by atoms with Crippen LogP contribution >= 0.6 is 0 Å². The Bertz CT molecular complexity index is 469. The predicted molar refractivity (Wildman–Crippen MR) is 72.0 cm³/mol. The van der Waals surface area contributed by atoms with Crippen LogP contribution in [0.1, 0.15) is 13.8 Å². The fourth-order valence-corrected chi connectivity index (χ4v) is 2.22. The minimum absolute atomic E-state index is 0.0359. The Labute approximate surface area is 108 Å². The minimum Gasteiger partial charge on any atom is -0.394 e. The van der Waals surface area contributed by atoms with Crippen LogP contribution in [0.4, 0.5) is 5.69 Å². The molecule has 0 aliphatic rings. The van der Waals surface area contributed by atoms with Crippen molar-refractivity contribution >= 4 is 15.7 Å². The van der Waals surface area contributed by atoms with Crippen LogP contribution in [0.5, 0.6) is 0 Å². The number of anilines is 1. The van der Waals surface area contributed by atoms with Gasteiger partial charge in [0.05, 0.1) is 17.5 Å². The van der Waals surface area contributed by atoms with Crippen LogP contribution in [0, 0.1) is 5.92 Å². The molecule has 0 aliphatic heterocycles. The lowest BCUT2D eigenvalue weighted by molar-refractivity contribution is 0.249. The summed E-state index contributed by atoms with van der Waals surface area (Å²) in [5.41, 5.74) is 0.790. The first kappa shape index (κ1) is 14.9. The molecule has 0 spiro atoms. The average molecular weight is 272 g/mol. The summed E-state index contributed by atoms with van der Waals surface area (Å²) in [5.74, 6) is 0.288. The molecule has 0 saturated carbocycles. The van der Waals surface area contributed by atoms with Crippen LogP contribution in [-0.2, 0) is 10.0 Å². The molecule has 102 valence electrons. The smallest absolute Gasteiger partial charge is 0.240 e. The van der Waals surface area contributed by atoms with Gasteiger partial charge in [-0.05, 0) is 37.2 Å². The van der Waals surface area contributed by atoms with E-state index in [4.69, 9.17) is 0 Å². The van der Waals surface area contributed by atoms with Gasteiger partial charge in [0.15, 0.2) is 0 Å². The number of sulfonamides is 1. The number of nitrogens with one attached hydrogen (secondary N) is 2. The molecule has 1 atom stereocenters. The summed E-state index contributed by atoms with van der Waals surface area (Å²) in [6, 6.07) is 6.40. The number of benzene rings is 1. The minimum atomic E-state index is -3.39. The first-order chi connectivity index (χ1) is 8.40. The number of rotatable bonds is 6. The third-order valence-electron chi connectivity index (χ3n) is 2.79. The molecule has 6 heteroatoms. The third-order valence-corrected chi connectivity index (χ3v) is 4.22. The van der Waals surface area contributed by atoms with Crippen molar-refractivity contribution in [2.24, 2.45) is 5.92 Å². The molecule has 18 heavy (non-hydrogen) atoms. The van der Waals surface area contributed by atoms with E-state index in [1.807, 2.05) is 13.8 Å². The second-order valence-electron chi connectivity index (χ2n) is 4.41. The molecule has 5 nitrogen and oxygen atoms in total. The second-order valence-corrected chi connectivity index (χ2v) is 6.30. The van der Waals surface area contributed by atoms with Gasteiger partial charge in [-0.25, -0.2) is 13.1 Å². The van der Waals surface area contributed by atoms with E-state index >= 15 is 0 Å². The molecular formula is C12H20N2O3S. The Morgan fingerprint density at radius 1 is 1.22 bits per heavy atom. The van der Waals surface area contributed by atoms with Crippen molar-refractivity contribution in [3.8, 4) is 0 Å². The van der Waals surface area contributed by atoms with Crippen molar-refractivity contribution in [2.75, 3.05) is 19.0 Å². The fourth-order valence-electron chi connectivity index (χ4n) is 1.49. The quantitative estimate of drug-likeness (QED) is 0.722. The van der Waals surface area contributed by atoms with Gasteiger partial charge in [0.1, 0.15) is 0 Å².